The number of carboxylic acid groups (broad SMARTS) is 1. The molecule has 0 fully saturated rings. The molecule has 3 N–H and O–H groups in total. The normalized spacial score (nSPS) is 15.6. The van der Waals surface area contributed by atoms with Crippen molar-refractivity contribution in [2.24, 2.45) is 0 Å². The van der Waals surface area contributed by atoms with E-state index in [1.165, 1.54) is 18.2 Å². The Kier molecular flexibility index (Phi) is 3.83. The van der Waals surface area contributed by atoms with E-state index < -0.39 is 17.8 Å². The van der Waals surface area contributed by atoms with E-state index in [4.69, 9.17) is 21.4 Å². The molecule has 0 bridgehead atoms. The average Bonchev–Trinajstić information content (AvgIpc) is 2.90. The number of aromatic carboxylic acids is 1. The largest absolute Gasteiger partial charge is 0.507 e. The summed E-state index contributed by atoms with van der Waals surface area (Å²) in [6, 6.07) is 8.94. The molecule has 118 valence electrons. The number of carboxylic acids is 1. The van der Waals surface area contributed by atoms with Crippen molar-refractivity contribution >= 4 is 29.2 Å². The van der Waals surface area contributed by atoms with Crippen LogP contribution in [0.4, 0.5) is 5.69 Å². The Bertz CT molecular complexity index is 805. The number of phenols is 1. The molecule has 23 heavy (non-hydrogen) atoms. The third-order valence-corrected chi connectivity index (χ3v) is 3.72. The lowest BCUT2D eigenvalue weighted by molar-refractivity contribution is -0.122. The fourth-order valence-electron chi connectivity index (χ4n) is 2.38. The van der Waals surface area contributed by atoms with Gasteiger partial charge in [0, 0.05) is 23.2 Å². The van der Waals surface area contributed by atoms with Crippen LogP contribution in [0, 0.1) is 0 Å². The summed E-state index contributed by atoms with van der Waals surface area (Å²) < 4.78 is 5.56. The van der Waals surface area contributed by atoms with Gasteiger partial charge in [-0.3, -0.25) is 4.79 Å². The molecule has 1 amide bonds. The Morgan fingerprint density at radius 2 is 2.00 bits per heavy atom. The molecule has 1 heterocycles. The number of fused-ring (bicyclic) bond motifs is 1. The van der Waals surface area contributed by atoms with Crippen molar-refractivity contribution in [1.82, 2.24) is 0 Å². The second-order valence-electron chi connectivity index (χ2n) is 5.09. The lowest BCUT2D eigenvalue weighted by Crippen LogP contribution is -2.31. The zero-order valence-corrected chi connectivity index (χ0v) is 12.5. The van der Waals surface area contributed by atoms with Gasteiger partial charge >= 0.3 is 5.97 Å². The molecule has 0 saturated heterocycles. The maximum absolute atomic E-state index is 12.2. The molecular weight excluding hydrogens is 322 g/mol. The van der Waals surface area contributed by atoms with E-state index in [0.29, 0.717) is 17.2 Å². The number of carbonyl (C=O) groups excluding carboxylic acids is 1. The first-order chi connectivity index (χ1) is 10.9. The maximum Gasteiger partial charge on any atom is 0.339 e. The molecule has 0 radical (unpaired) electrons. The standard InChI is InChI=1S/C16H12ClNO5/c17-9-1-4-13-8(5-9)6-14(23-13)15(20)18-10-2-3-11(16(21)22)12(19)7-10/h1-5,7,14,19H,6H2,(H,18,20)(H,21,22). The molecule has 6 nitrogen and oxygen atoms in total. The van der Waals surface area contributed by atoms with E-state index in [1.54, 1.807) is 18.2 Å². The Hall–Kier alpha value is -2.73. The summed E-state index contributed by atoms with van der Waals surface area (Å²) in [6.07, 6.45) is -0.314. The smallest absolute Gasteiger partial charge is 0.339 e. The second-order valence-corrected chi connectivity index (χ2v) is 5.53. The van der Waals surface area contributed by atoms with Gasteiger partial charge in [0.2, 0.25) is 0 Å². The van der Waals surface area contributed by atoms with Crippen molar-refractivity contribution in [3.8, 4) is 11.5 Å². The van der Waals surface area contributed by atoms with Crippen LogP contribution in [0.1, 0.15) is 15.9 Å². The summed E-state index contributed by atoms with van der Waals surface area (Å²) in [5, 5.41) is 21.7. The number of hydrogen-bond acceptors (Lipinski definition) is 4. The zero-order chi connectivity index (χ0) is 16.6. The molecule has 1 aliphatic heterocycles. The van der Waals surface area contributed by atoms with E-state index in [9.17, 15) is 14.7 Å². The van der Waals surface area contributed by atoms with Crippen molar-refractivity contribution in [3.05, 3.63) is 52.5 Å². The third-order valence-electron chi connectivity index (χ3n) is 3.49. The Morgan fingerprint density at radius 3 is 2.70 bits per heavy atom. The highest BCUT2D eigenvalue weighted by molar-refractivity contribution is 6.30. The van der Waals surface area contributed by atoms with E-state index >= 15 is 0 Å². The maximum atomic E-state index is 12.2. The van der Waals surface area contributed by atoms with Crippen LogP contribution < -0.4 is 10.1 Å². The third kappa shape index (κ3) is 3.07. The fraction of sp³-hybridized carbons (Fsp3) is 0.125. The number of hydrogen-bond donors (Lipinski definition) is 3. The first kappa shape index (κ1) is 15.2. The SMILES string of the molecule is O=C(O)c1ccc(NC(=O)C2Cc3cc(Cl)ccc3O2)cc1O. The molecule has 1 atom stereocenters. The van der Waals surface area contributed by atoms with Crippen molar-refractivity contribution in [2.45, 2.75) is 12.5 Å². The monoisotopic (exact) mass is 333 g/mol. The van der Waals surface area contributed by atoms with Crippen molar-refractivity contribution in [3.63, 3.8) is 0 Å². The average molecular weight is 334 g/mol. The van der Waals surface area contributed by atoms with Gasteiger partial charge in [-0.2, -0.15) is 0 Å². The number of halogens is 1. The molecule has 7 heteroatoms. The zero-order valence-electron chi connectivity index (χ0n) is 11.7. The number of amides is 1. The predicted octanol–water partition coefficient (Wildman–Crippen LogP) is 2.69. The highest BCUT2D eigenvalue weighted by Crippen LogP contribution is 2.31. The number of rotatable bonds is 3. The van der Waals surface area contributed by atoms with E-state index in [0.717, 1.165) is 5.56 Å². The highest BCUT2D eigenvalue weighted by atomic mass is 35.5. The molecule has 3 rings (SSSR count). The number of aromatic hydroxyl groups is 1. The Balaban J connectivity index is 1.71. The number of ether oxygens (including phenoxy) is 1. The van der Waals surface area contributed by atoms with Crippen molar-refractivity contribution in [2.75, 3.05) is 5.32 Å². The first-order valence-corrected chi connectivity index (χ1v) is 7.14. The highest BCUT2D eigenvalue weighted by Gasteiger charge is 2.29. The van der Waals surface area contributed by atoms with Gasteiger partial charge in [-0.1, -0.05) is 11.6 Å². The predicted molar refractivity (Wildman–Crippen MR) is 83.3 cm³/mol. The van der Waals surface area contributed by atoms with Gasteiger partial charge < -0.3 is 20.3 Å². The van der Waals surface area contributed by atoms with Gasteiger partial charge in [0.15, 0.2) is 6.10 Å². The molecule has 0 spiro atoms. The van der Waals surface area contributed by atoms with Crippen LogP contribution in [0.2, 0.25) is 5.02 Å². The lowest BCUT2D eigenvalue weighted by atomic mass is 10.1. The lowest BCUT2D eigenvalue weighted by Gasteiger charge is -2.12. The molecular formula is C16H12ClNO5. The number of benzene rings is 2. The summed E-state index contributed by atoms with van der Waals surface area (Å²) in [7, 11) is 0. The topological polar surface area (TPSA) is 95.9 Å². The quantitative estimate of drug-likeness (QED) is 0.802. The van der Waals surface area contributed by atoms with Crippen LogP contribution in [0.3, 0.4) is 0 Å². The van der Waals surface area contributed by atoms with Crippen LogP contribution in [-0.2, 0) is 11.2 Å². The minimum Gasteiger partial charge on any atom is -0.507 e. The molecule has 1 aliphatic rings. The van der Waals surface area contributed by atoms with Crippen LogP contribution in [-0.4, -0.2) is 28.2 Å². The molecule has 1 unspecified atom stereocenters. The molecule has 0 aliphatic carbocycles. The van der Waals surface area contributed by atoms with Crippen LogP contribution >= 0.6 is 11.6 Å². The number of nitrogens with one attached hydrogen (secondary N) is 1. The van der Waals surface area contributed by atoms with E-state index in [1.807, 2.05) is 0 Å². The van der Waals surface area contributed by atoms with Gasteiger partial charge in [0.1, 0.15) is 17.1 Å². The van der Waals surface area contributed by atoms with E-state index in [-0.39, 0.29) is 17.2 Å². The summed E-state index contributed by atoms with van der Waals surface area (Å²) in [5.41, 5.74) is 0.902. The number of anilines is 1. The molecule has 2 aromatic rings. The molecule has 2 aromatic carbocycles. The number of carbonyl (C=O) groups is 2. The van der Waals surface area contributed by atoms with Gasteiger partial charge in [-0.15, -0.1) is 0 Å². The van der Waals surface area contributed by atoms with Crippen LogP contribution in [0.15, 0.2) is 36.4 Å². The van der Waals surface area contributed by atoms with Crippen LogP contribution in [0.25, 0.3) is 0 Å². The van der Waals surface area contributed by atoms with Gasteiger partial charge in [-0.05, 0) is 35.9 Å². The second kappa shape index (κ2) is 5.81. The minimum atomic E-state index is -1.24. The van der Waals surface area contributed by atoms with Crippen LogP contribution in [0.5, 0.6) is 11.5 Å². The summed E-state index contributed by atoms with van der Waals surface area (Å²) >= 11 is 5.91. The fourth-order valence-corrected chi connectivity index (χ4v) is 2.57. The first-order valence-electron chi connectivity index (χ1n) is 6.76. The van der Waals surface area contributed by atoms with Crippen molar-refractivity contribution < 1.29 is 24.5 Å². The summed E-state index contributed by atoms with van der Waals surface area (Å²) in [5.74, 6) is -1.44. The van der Waals surface area contributed by atoms with Gasteiger partial charge in [-0.25, -0.2) is 4.79 Å². The summed E-state index contributed by atoms with van der Waals surface area (Å²) in [4.78, 5) is 23.1. The molecule has 0 aromatic heterocycles. The Morgan fingerprint density at radius 1 is 1.22 bits per heavy atom. The van der Waals surface area contributed by atoms with Gasteiger partial charge in [0.05, 0.1) is 0 Å². The minimum absolute atomic E-state index is 0.234. The Labute approximate surface area is 136 Å². The molecule has 0 saturated carbocycles. The van der Waals surface area contributed by atoms with E-state index in [2.05, 4.69) is 5.32 Å². The van der Waals surface area contributed by atoms with Gasteiger partial charge in [0.25, 0.3) is 5.91 Å². The van der Waals surface area contributed by atoms with Crippen molar-refractivity contribution in [1.29, 1.82) is 0 Å². The summed E-state index contributed by atoms with van der Waals surface area (Å²) in [6.45, 7) is 0.